The van der Waals surface area contributed by atoms with Crippen molar-refractivity contribution < 1.29 is 9.53 Å². The molecule has 15 heavy (non-hydrogen) atoms. The van der Waals surface area contributed by atoms with E-state index in [1.807, 2.05) is 0 Å². The van der Waals surface area contributed by atoms with Crippen LogP contribution in [0.15, 0.2) is 18.2 Å². The lowest BCUT2D eigenvalue weighted by atomic mass is 10.0. The molecule has 2 N–H and O–H groups in total. The molecule has 1 aromatic carbocycles. The minimum Gasteiger partial charge on any atom is -0.496 e. The van der Waals surface area contributed by atoms with Gasteiger partial charge in [0.15, 0.2) is 5.78 Å². The number of ether oxygens (including phenoxy) is 1. The average molecular weight is 228 g/mol. The molecule has 1 rings (SSSR count). The van der Waals surface area contributed by atoms with Crippen molar-refractivity contribution in [3.8, 4) is 5.75 Å². The molecular weight excluding hydrogens is 214 g/mol. The van der Waals surface area contributed by atoms with E-state index < -0.39 is 0 Å². The summed E-state index contributed by atoms with van der Waals surface area (Å²) in [5, 5.41) is 0.517. The molecule has 82 valence electrons. The SMILES string of the molecule is COc1ccc(Cl)cc1C(=O)CC(C)N. The van der Waals surface area contributed by atoms with Gasteiger partial charge < -0.3 is 10.5 Å². The van der Waals surface area contributed by atoms with Crippen molar-refractivity contribution in [3.05, 3.63) is 28.8 Å². The number of benzene rings is 1. The summed E-state index contributed by atoms with van der Waals surface area (Å²) in [5.74, 6) is 0.481. The molecule has 0 fully saturated rings. The molecule has 0 radical (unpaired) electrons. The van der Waals surface area contributed by atoms with Crippen molar-refractivity contribution in [2.24, 2.45) is 5.73 Å². The number of Topliss-reactive ketones (excluding diaryl/α,β-unsaturated/α-hetero) is 1. The zero-order valence-corrected chi connectivity index (χ0v) is 9.54. The molecule has 0 heterocycles. The van der Waals surface area contributed by atoms with Crippen LogP contribution in [0.3, 0.4) is 0 Å². The fraction of sp³-hybridized carbons (Fsp3) is 0.364. The lowest BCUT2D eigenvalue weighted by Crippen LogP contribution is -2.20. The van der Waals surface area contributed by atoms with Crippen molar-refractivity contribution in [1.29, 1.82) is 0 Å². The van der Waals surface area contributed by atoms with Crippen LogP contribution in [-0.4, -0.2) is 18.9 Å². The van der Waals surface area contributed by atoms with Crippen molar-refractivity contribution >= 4 is 17.4 Å². The summed E-state index contributed by atoms with van der Waals surface area (Å²) in [6, 6.07) is 4.80. The molecule has 3 nitrogen and oxygen atoms in total. The van der Waals surface area contributed by atoms with Crippen LogP contribution in [0.4, 0.5) is 0 Å². The Hall–Kier alpha value is -1.06. The van der Waals surface area contributed by atoms with Gasteiger partial charge >= 0.3 is 0 Å². The second-order valence-corrected chi connectivity index (χ2v) is 3.89. The Morgan fingerprint density at radius 2 is 2.27 bits per heavy atom. The standard InChI is InChI=1S/C11H14ClNO2/c1-7(13)5-10(14)9-6-8(12)3-4-11(9)15-2/h3-4,6-7H,5,13H2,1-2H3. The fourth-order valence-corrected chi connectivity index (χ4v) is 1.47. The van der Waals surface area contributed by atoms with E-state index in [1.165, 1.54) is 7.11 Å². The van der Waals surface area contributed by atoms with Gasteiger partial charge in [0.25, 0.3) is 0 Å². The lowest BCUT2D eigenvalue weighted by Gasteiger charge is -2.09. The van der Waals surface area contributed by atoms with Gasteiger partial charge in [-0.25, -0.2) is 0 Å². The van der Waals surface area contributed by atoms with E-state index in [2.05, 4.69) is 0 Å². The third kappa shape index (κ3) is 3.22. The topological polar surface area (TPSA) is 52.3 Å². The number of carbonyl (C=O) groups is 1. The maximum absolute atomic E-state index is 11.8. The summed E-state index contributed by atoms with van der Waals surface area (Å²) in [6.07, 6.45) is 0.288. The number of ketones is 1. The molecule has 4 heteroatoms. The smallest absolute Gasteiger partial charge is 0.168 e. The largest absolute Gasteiger partial charge is 0.496 e. The van der Waals surface area contributed by atoms with E-state index in [9.17, 15) is 4.79 Å². The molecule has 0 aliphatic rings. The van der Waals surface area contributed by atoms with Crippen LogP contribution in [0, 0.1) is 0 Å². The lowest BCUT2D eigenvalue weighted by molar-refractivity contribution is 0.0973. The molecule has 0 saturated heterocycles. The van der Waals surface area contributed by atoms with Crippen LogP contribution in [0.1, 0.15) is 23.7 Å². The zero-order valence-electron chi connectivity index (χ0n) is 8.79. The first-order chi connectivity index (χ1) is 7.04. The van der Waals surface area contributed by atoms with Gasteiger partial charge in [-0.2, -0.15) is 0 Å². The molecule has 0 aliphatic heterocycles. The summed E-state index contributed by atoms with van der Waals surface area (Å²) in [7, 11) is 1.52. The molecule has 0 bridgehead atoms. The Morgan fingerprint density at radius 3 is 2.80 bits per heavy atom. The van der Waals surface area contributed by atoms with Crippen molar-refractivity contribution in [3.63, 3.8) is 0 Å². The normalized spacial score (nSPS) is 12.3. The predicted molar refractivity (Wildman–Crippen MR) is 60.6 cm³/mol. The third-order valence-electron chi connectivity index (χ3n) is 1.97. The number of hydrogen-bond donors (Lipinski definition) is 1. The number of hydrogen-bond acceptors (Lipinski definition) is 3. The van der Waals surface area contributed by atoms with Gasteiger partial charge in [0, 0.05) is 17.5 Å². The molecule has 0 amide bonds. The third-order valence-corrected chi connectivity index (χ3v) is 2.20. The number of halogens is 1. The summed E-state index contributed by atoms with van der Waals surface area (Å²) < 4.78 is 5.08. The first-order valence-corrected chi connectivity index (χ1v) is 5.04. The van der Waals surface area contributed by atoms with Gasteiger partial charge in [-0.1, -0.05) is 11.6 Å². The molecule has 1 aromatic rings. The van der Waals surface area contributed by atoms with Gasteiger partial charge in [-0.3, -0.25) is 4.79 Å². The fourth-order valence-electron chi connectivity index (χ4n) is 1.30. The highest BCUT2D eigenvalue weighted by Gasteiger charge is 2.14. The van der Waals surface area contributed by atoms with Crippen LogP contribution in [0.25, 0.3) is 0 Å². The molecular formula is C11H14ClNO2. The van der Waals surface area contributed by atoms with Crippen LogP contribution >= 0.6 is 11.6 Å². The van der Waals surface area contributed by atoms with Gasteiger partial charge in [0.1, 0.15) is 5.75 Å². The molecule has 0 spiro atoms. The van der Waals surface area contributed by atoms with Gasteiger partial charge in [0.05, 0.1) is 12.7 Å². The summed E-state index contributed by atoms with van der Waals surface area (Å²) in [5.41, 5.74) is 6.05. The second-order valence-electron chi connectivity index (χ2n) is 3.45. The average Bonchev–Trinajstić information content (AvgIpc) is 2.16. The van der Waals surface area contributed by atoms with Crippen molar-refractivity contribution in [2.75, 3.05) is 7.11 Å². The molecule has 0 aliphatic carbocycles. The highest BCUT2D eigenvalue weighted by atomic mass is 35.5. The highest BCUT2D eigenvalue weighted by molar-refractivity contribution is 6.31. The van der Waals surface area contributed by atoms with Gasteiger partial charge in [-0.15, -0.1) is 0 Å². The van der Waals surface area contributed by atoms with E-state index in [-0.39, 0.29) is 18.2 Å². The van der Waals surface area contributed by atoms with Crippen LogP contribution in [0.2, 0.25) is 5.02 Å². The first-order valence-electron chi connectivity index (χ1n) is 4.67. The Bertz CT molecular complexity index is 364. The second kappa shape index (κ2) is 5.14. The Balaban J connectivity index is 3.00. The first kappa shape index (κ1) is 12.0. The van der Waals surface area contributed by atoms with E-state index >= 15 is 0 Å². The summed E-state index contributed by atoms with van der Waals surface area (Å²) >= 11 is 5.82. The summed E-state index contributed by atoms with van der Waals surface area (Å²) in [6.45, 7) is 1.79. The highest BCUT2D eigenvalue weighted by Crippen LogP contribution is 2.24. The minimum atomic E-state index is -0.166. The zero-order chi connectivity index (χ0) is 11.4. The molecule has 1 atom stereocenters. The number of carbonyl (C=O) groups excluding carboxylic acids is 1. The maximum atomic E-state index is 11.8. The minimum absolute atomic E-state index is 0.0515. The van der Waals surface area contributed by atoms with E-state index in [1.54, 1.807) is 25.1 Å². The van der Waals surface area contributed by atoms with Gasteiger partial charge in [0.2, 0.25) is 0 Å². The number of nitrogens with two attached hydrogens (primary N) is 1. The van der Waals surface area contributed by atoms with E-state index in [0.717, 1.165) is 0 Å². The number of rotatable bonds is 4. The Labute approximate surface area is 94.2 Å². The summed E-state index contributed by atoms with van der Waals surface area (Å²) in [4.78, 5) is 11.8. The van der Waals surface area contributed by atoms with Crippen LogP contribution < -0.4 is 10.5 Å². The van der Waals surface area contributed by atoms with Crippen LogP contribution in [-0.2, 0) is 0 Å². The van der Waals surface area contributed by atoms with E-state index in [0.29, 0.717) is 16.3 Å². The monoisotopic (exact) mass is 227 g/mol. The molecule has 0 saturated carbocycles. The molecule has 0 aromatic heterocycles. The van der Waals surface area contributed by atoms with Gasteiger partial charge in [-0.05, 0) is 25.1 Å². The maximum Gasteiger partial charge on any atom is 0.168 e. The molecule has 1 unspecified atom stereocenters. The quantitative estimate of drug-likeness (QED) is 0.803. The Morgan fingerprint density at radius 1 is 1.60 bits per heavy atom. The predicted octanol–water partition coefficient (Wildman–Crippen LogP) is 2.27. The number of methoxy groups -OCH3 is 1. The van der Waals surface area contributed by atoms with Crippen molar-refractivity contribution in [1.82, 2.24) is 0 Å². The van der Waals surface area contributed by atoms with E-state index in [4.69, 9.17) is 22.1 Å². The van der Waals surface area contributed by atoms with Crippen LogP contribution in [0.5, 0.6) is 5.75 Å². The van der Waals surface area contributed by atoms with Crippen molar-refractivity contribution in [2.45, 2.75) is 19.4 Å². The Kier molecular flexibility index (Phi) is 4.12.